The molecule has 7 heteroatoms. The summed E-state index contributed by atoms with van der Waals surface area (Å²) in [5, 5.41) is 5.82. The fraction of sp³-hybridized carbons (Fsp3) is 0.222. The van der Waals surface area contributed by atoms with Gasteiger partial charge in [0.2, 0.25) is 6.10 Å². The molecule has 0 radical (unpaired) electrons. The van der Waals surface area contributed by atoms with Gasteiger partial charge in [-0.2, -0.15) is 0 Å². The number of nitrogens with one attached hydrogen (secondary N) is 1. The zero-order valence-electron chi connectivity index (χ0n) is 13.7. The summed E-state index contributed by atoms with van der Waals surface area (Å²) in [4.78, 5) is 16.9. The highest BCUT2D eigenvalue weighted by Gasteiger charge is 2.19. The lowest BCUT2D eigenvalue weighted by Gasteiger charge is -2.11. The van der Waals surface area contributed by atoms with Gasteiger partial charge in [0.15, 0.2) is 17.5 Å². The summed E-state index contributed by atoms with van der Waals surface area (Å²) < 4.78 is 39.5. The largest absolute Gasteiger partial charge is 0.383 e. The second-order valence-electron chi connectivity index (χ2n) is 5.29. The average molecular weight is 350 g/mol. The molecule has 132 valence electrons. The van der Waals surface area contributed by atoms with Crippen molar-refractivity contribution in [1.29, 1.82) is 0 Å². The van der Waals surface area contributed by atoms with Gasteiger partial charge in [-0.25, -0.2) is 13.2 Å². The summed E-state index contributed by atoms with van der Waals surface area (Å²) in [6.07, 6.45) is 1.30. The zero-order chi connectivity index (χ0) is 18.4. The number of amides is 1. The molecule has 2 aromatic carbocycles. The maximum Gasteiger partial charge on any atom is 0.268 e. The number of anilines is 1. The third-order valence-electron chi connectivity index (χ3n) is 3.47. The Hall–Kier alpha value is -2.83. The molecule has 1 atom stereocenters. The predicted molar refractivity (Wildman–Crippen MR) is 88.9 cm³/mol. The molecule has 0 aliphatic carbocycles. The number of hydrogen-bond donors (Lipinski definition) is 1. The molecule has 0 bridgehead atoms. The van der Waals surface area contributed by atoms with E-state index in [2.05, 4.69) is 10.5 Å². The van der Waals surface area contributed by atoms with Crippen molar-refractivity contribution in [2.75, 3.05) is 5.32 Å². The maximum absolute atomic E-state index is 13.5. The molecule has 4 nitrogen and oxygen atoms in total. The second-order valence-corrected chi connectivity index (χ2v) is 5.29. The Labute approximate surface area is 143 Å². The minimum absolute atomic E-state index is 0.474. The number of aryl methyl sites for hydroxylation is 1. The molecule has 0 aliphatic rings. The minimum Gasteiger partial charge on any atom is -0.383 e. The molecule has 0 saturated carbocycles. The summed E-state index contributed by atoms with van der Waals surface area (Å²) in [5.41, 5.74) is 1.49. The Balaban J connectivity index is 1.93. The van der Waals surface area contributed by atoms with Gasteiger partial charge < -0.3 is 10.2 Å². The van der Waals surface area contributed by atoms with Gasteiger partial charge in [-0.1, -0.05) is 36.3 Å². The van der Waals surface area contributed by atoms with Crippen LogP contribution >= 0.6 is 0 Å². The molecule has 0 unspecified atom stereocenters. The van der Waals surface area contributed by atoms with Crippen LogP contribution < -0.4 is 5.32 Å². The summed E-state index contributed by atoms with van der Waals surface area (Å²) in [6, 6.07) is 9.25. The molecule has 0 aromatic heterocycles. The molecule has 2 aromatic rings. The number of carbonyl (C=O) groups is 1. The van der Waals surface area contributed by atoms with Gasteiger partial charge in [-0.15, -0.1) is 0 Å². The quantitative estimate of drug-likeness (QED) is 0.486. The van der Waals surface area contributed by atoms with E-state index in [0.717, 1.165) is 24.1 Å². The average Bonchev–Trinajstić information content (AvgIpc) is 2.62. The normalized spacial score (nSPS) is 12.2. The lowest BCUT2D eigenvalue weighted by molar-refractivity contribution is -0.126. The molecule has 1 N–H and O–H groups in total. The van der Waals surface area contributed by atoms with Crippen LogP contribution in [0.5, 0.6) is 0 Å². The highest BCUT2D eigenvalue weighted by molar-refractivity contribution is 5.94. The molecular formula is C18H17F3N2O2. The first kappa shape index (κ1) is 18.5. The van der Waals surface area contributed by atoms with Gasteiger partial charge in [-0.05, 0) is 36.6 Å². The summed E-state index contributed by atoms with van der Waals surface area (Å²) in [7, 11) is 0. The lowest BCUT2D eigenvalue weighted by Crippen LogP contribution is -2.27. The van der Waals surface area contributed by atoms with E-state index in [0.29, 0.717) is 0 Å². The number of nitrogens with zero attached hydrogens (tertiary/aromatic N) is 1. The highest BCUT2D eigenvalue weighted by atomic mass is 19.2. The fourth-order valence-corrected chi connectivity index (χ4v) is 1.93. The molecule has 1 amide bonds. The molecule has 0 heterocycles. The van der Waals surface area contributed by atoms with Crippen molar-refractivity contribution in [2.24, 2.45) is 5.16 Å². The molecule has 0 saturated heterocycles. The van der Waals surface area contributed by atoms with Crippen molar-refractivity contribution < 1.29 is 22.8 Å². The number of benzene rings is 2. The number of hydrogen-bond acceptors (Lipinski definition) is 3. The van der Waals surface area contributed by atoms with Crippen LogP contribution in [0.2, 0.25) is 0 Å². The third-order valence-corrected chi connectivity index (χ3v) is 3.47. The molecule has 2 rings (SSSR count). The number of halogens is 3. The second kappa shape index (κ2) is 8.32. The van der Waals surface area contributed by atoms with E-state index < -0.39 is 35.2 Å². The van der Waals surface area contributed by atoms with Crippen LogP contribution in [0.4, 0.5) is 18.9 Å². The van der Waals surface area contributed by atoms with Gasteiger partial charge >= 0.3 is 0 Å². The van der Waals surface area contributed by atoms with Crippen LogP contribution in [0, 0.1) is 17.5 Å². The highest BCUT2D eigenvalue weighted by Crippen LogP contribution is 2.19. The van der Waals surface area contributed by atoms with Crippen molar-refractivity contribution in [1.82, 2.24) is 0 Å². The monoisotopic (exact) mass is 350 g/mol. The first-order valence-electron chi connectivity index (χ1n) is 7.64. The van der Waals surface area contributed by atoms with E-state index in [9.17, 15) is 18.0 Å². The van der Waals surface area contributed by atoms with Crippen LogP contribution in [-0.2, 0) is 16.1 Å². The van der Waals surface area contributed by atoms with Gasteiger partial charge in [0.05, 0.1) is 11.9 Å². The Kier molecular flexibility index (Phi) is 6.16. The Morgan fingerprint density at radius 3 is 2.48 bits per heavy atom. The molecule has 0 fully saturated rings. The number of rotatable bonds is 6. The molecule has 0 spiro atoms. The Morgan fingerprint density at radius 2 is 1.84 bits per heavy atom. The van der Waals surface area contributed by atoms with E-state index in [-0.39, 0.29) is 0 Å². The van der Waals surface area contributed by atoms with Crippen molar-refractivity contribution in [3.05, 3.63) is 65.0 Å². The molecular weight excluding hydrogens is 333 g/mol. The Bertz CT molecular complexity index is 777. The SMILES string of the molecule is CCc1ccc(/C=N\O[C@@H](C)C(=O)Nc2ccc(F)c(F)c2F)cc1. The van der Waals surface area contributed by atoms with Crippen LogP contribution in [-0.4, -0.2) is 18.2 Å². The summed E-state index contributed by atoms with van der Waals surface area (Å²) in [5.74, 6) is -5.21. The zero-order valence-corrected chi connectivity index (χ0v) is 13.7. The third kappa shape index (κ3) is 4.82. The Morgan fingerprint density at radius 1 is 1.16 bits per heavy atom. The molecule has 0 aliphatic heterocycles. The standard InChI is InChI=1S/C18H17F3N2O2/c1-3-12-4-6-13(7-5-12)10-22-25-11(2)18(24)23-15-9-8-14(19)16(20)17(15)21/h4-11H,3H2,1-2H3,(H,23,24)/b22-10-/t11-/m0/s1. The van der Waals surface area contributed by atoms with Crippen molar-refractivity contribution in [2.45, 2.75) is 26.4 Å². The fourth-order valence-electron chi connectivity index (χ4n) is 1.93. The van der Waals surface area contributed by atoms with E-state index in [1.54, 1.807) is 0 Å². The first-order valence-corrected chi connectivity index (χ1v) is 7.64. The summed E-state index contributed by atoms with van der Waals surface area (Å²) in [6.45, 7) is 3.44. The van der Waals surface area contributed by atoms with Crippen molar-refractivity contribution in [3.8, 4) is 0 Å². The van der Waals surface area contributed by atoms with Gasteiger partial charge in [0.25, 0.3) is 5.91 Å². The maximum atomic E-state index is 13.5. The van der Waals surface area contributed by atoms with Crippen LogP contribution in [0.1, 0.15) is 25.0 Å². The van der Waals surface area contributed by atoms with Crippen molar-refractivity contribution in [3.63, 3.8) is 0 Å². The van der Waals surface area contributed by atoms with E-state index in [1.165, 1.54) is 18.7 Å². The topological polar surface area (TPSA) is 50.7 Å². The van der Waals surface area contributed by atoms with Gasteiger partial charge in [0.1, 0.15) is 0 Å². The van der Waals surface area contributed by atoms with Gasteiger partial charge in [-0.3, -0.25) is 4.79 Å². The summed E-state index contributed by atoms with van der Waals surface area (Å²) >= 11 is 0. The van der Waals surface area contributed by atoms with Gasteiger partial charge in [0, 0.05) is 0 Å². The first-order chi connectivity index (χ1) is 11.9. The lowest BCUT2D eigenvalue weighted by atomic mass is 10.1. The van der Waals surface area contributed by atoms with E-state index in [1.807, 2.05) is 31.2 Å². The smallest absolute Gasteiger partial charge is 0.268 e. The predicted octanol–water partition coefficient (Wildman–Crippen LogP) is 4.04. The van der Waals surface area contributed by atoms with E-state index in [4.69, 9.17) is 4.84 Å². The molecule has 25 heavy (non-hydrogen) atoms. The van der Waals surface area contributed by atoms with Crippen LogP contribution in [0.3, 0.4) is 0 Å². The number of carbonyl (C=O) groups excluding carboxylic acids is 1. The van der Waals surface area contributed by atoms with Crippen LogP contribution in [0.25, 0.3) is 0 Å². The van der Waals surface area contributed by atoms with Crippen LogP contribution in [0.15, 0.2) is 41.6 Å². The van der Waals surface area contributed by atoms with Crippen molar-refractivity contribution >= 4 is 17.8 Å². The minimum atomic E-state index is -1.65. The van der Waals surface area contributed by atoms with E-state index >= 15 is 0 Å². The number of oxime groups is 1.